The van der Waals surface area contributed by atoms with Crippen molar-refractivity contribution in [1.29, 1.82) is 0 Å². The van der Waals surface area contributed by atoms with Gasteiger partial charge in [0, 0.05) is 44.2 Å². The summed E-state index contributed by atoms with van der Waals surface area (Å²) in [4.78, 5) is 19.3. The largest absolute Gasteiger partial charge is 0.395 e. The molecule has 1 aliphatic carbocycles. The van der Waals surface area contributed by atoms with E-state index in [0.29, 0.717) is 23.5 Å². The molecule has 2 N–H and O–H groups in total. The molecule has 0 saturated carbocycles. The zero-order valence-electron chi connectivity index (χ0n) is 24.3. The molecule has 0 saturated heterocycles. The number of nitrogens with one attached hydrogen (secondary N) is 1. The molecule has 36 heavy (non-hydrogen) atoms. The van der Waals surface area contributed by atoms with Gasteiger partial charge in [-0.1, -0.05) is 13.8 Å². The Morgan fingerprint density at radius 2 is 1.42 bits per heavy atom. The average Bonchev–Trinajstić information content (AvgIpc) is 2.80. The van der Waals surface area contributed by atoms with E-state index in [9.17, 15) is 4.79 Å². The number of aliphatic imine (C=N–C) groups is 1. The van der Waals surface area contributed by atoms with Gasteiger partial charge in [-0.3, -0.25) is 4.79 Å². The Kier molecular flexibility index (Phi) is 13.1. The number of aliphatic hydroxyl groups is 1. The number of ketones is 1. The number of nitrogens with zero attached hydrogens (tertiary/aromatic N) is 4. The number of carbonyl (C=O) groups is 1. The molecule has 0 atom stereocenters. The predicted molar refractivity (Wildman–Crippen MR) is 154 cm³/mol. The van der Waals surface area contributed by atoms with Crippen molar-refractivity contribution in [2.24, 2.45) is 4.99 Å². The van der Waals surface area contributed by atoms with E-state index in [1.54, 1.807) is 19.1 Å². The molecule has 0 bridgehead atoms. The Morgan fingerprint density at radius 3 is 1.89 bits per heavy atom. The molecule has 0 spiro atoms. The van der Waals surface area contributed by atoms with Gasteiger partial charge < -0.3 is 24.3 Å². The van der Waals surface area contributed by atoms with Crippen LogP contribution >= 0.6 is 0 Å². The highest BCUT2D eigenvalue weighted by atomic mass is 16.3. The lowest BCUT2D eigenvalue weighted by Crippen LogP contribution is -2.39. The van der Waals surface area contributed by atoms with Gasteiger partial charge in [0.1, 0.15) is 0 Å². The maximum absolute atomic E-state index is 12.1. The van der Waals surface area contributed by atoms with E-state index in [2.05, 4.69) is 64.6 Å². The Labute approximate surface area is 220 Å². The third-order valence-corrected chi connectivity index (χ3v) is 5.70. The molecule has 1 aliphatic rings. The number of carbonyl (C=O) groups excluding carboxylic acids is 1. The van der Waals surface area contributed by atoms with Crippen LogP contribution in [0.15, 0.2) is 52.7 Å². The Morgan fingerprint density at radius 1 is 0.889 bits per heavy atom. The molecule has 0 heterocycles. The first kappa shape index (κ1) is 31.5. The van der Waals surface area contributed by atoms with Gasteiger partial charge in [-0.05, 0) is 42.8 Å². The normalized spacial score (nSPS) is 15.2. The van der Waals surface area contributed by atoms with Crippen LogP contribution in [-0.2, 0) is 4.79 Å². The molecule has 7 heteroatoms. The van der Waals surface area contributed by atoms with Gasteiger partial charge in [0.25, 0.3) is 0 Å². The van der Waals surface area contributed by atoms with Gasteiger partial charge in [-0.2, -0.15) is 0 Å². The molecule has 2 rings (SSSR count). The van der Waals surface area contributed by atoms with Gasteiger partial charge in [-0.25, -0.2) is 4.99 Å². The fourth-order valence-electron chi connectivity index (χ4n) is 3.82. The monoisotopic (exact) mass is 501 g/mol. The molecule has 202 valence electrons. The number of rotatable bonds is 13. The van der Waals surface area contributed by atoms with E-state index in [1.807, 2.05) is 26.0 Å². The van der Waals surface area contributed by atoms with E-state index < -0.39 is 0 Å². The van der Waals surface area contributed by atoms with E-state index in [-0.39, 0.29) is 12.4 Å². The predicted octanol–water partition coefficient (Wildman–Crippen LogP) is 3.78. The minimum atomic E-state index is -0.0341. The minimum Gasteiger partial charge on any atom is -0.395 e. The van der Waals surface area contributed by atoms with Gasteiger partial charge in [0.2, 0.25) is 0 Å². The number of anilines is 1. The fraction of sp³-hybridized carbons (Fsp3) is 0.586. The van der Waals surface area contributed by atoms with Crippen LogP contribution < -0.4 is 10.2 Å². The average molecular weight is 502 g/mol. The third-order valence-electron chi connectivity index (χ3n) is 5.70. The number of aliphatic hydroxyl groups excluding tert-OH is 1. The zero-order chi connectivity index (χ0) is 27.4. The van der Waals surface area contributed by atoms with Crippen LogP contribution in [0, 0.1) is 0 Å². The van der Waals surface area contributed by atoms with Crippen molar-refractivity contribution in [1.82, 2.24) is 5.32 Å². The SMILES string of the molecule is CC.CC1=CC(=Nc2ccc(N(CCC[N+](C)(C)C)CCC[N+](C)(C)C)cc2)C(NCCO)=CC1=O. The molecule has 1 aromatic carbocycles. The van der Waals surface area contributed by atoms with Crippen molar-refractivity contribution < 1.29 is 18.9 Å². The number of allylic oxidation sites excluding steroid dienone is 3. The Hall–Kier alpha value is -2.48. The van der Waals surface area contributed by atoms with Crippen LogP contribution in [0.3, 0.4) is 0 Å². The maximum atomic E-state index is 12.1. The molecule has 0 aliphatic heterocycles. The van der Waals surface area contributed by atoms with Gasteiger partial charge in [0.15, 0.2) is 5.78 Å². The first-order valence-electron chi connectivity index (χ1n) is 13.2. The second-order valence-corrected chi connectivity index (χ2v) is 11.1. The van der Waals surface area contributed by atoms with Crippen molar-refractivity contribution in [3.05, 3.63) is 47.7 Å². The number of quaternary nitrogens is 2. The summed E-state index contributed by atoms with van der Waals surface area (Å²) >= 11 is 0. The summed E-state index contributed by atoms with van der Waals surface area (Å²) in [6, 6.07) is 8.37. The van der Waals surface area contributed by atoms with E-state index in [4.69, 9.17) is 10.1 Å². The van der Waals surface area contributed by atoms with Crippen LogP contribution in [0.4, 0.5) is 11.4 Å². The van der Waals surface area contributed by atoms with Gasteiger partial charge >= 0.3 is 0 Å². The van der Waals surface area contributed by atoms with Crippen LogP contribution in [-0.4, -0.2) is 107 Å². The molecule has 0 fully saturated rings. The highest BCUT2D eigenvalue weighted by Gasteiger charge is 2.17. The minimum absolute atomic E-state index is 0.00573. The van der Waals surface area contributed by atoms with Crippen molar-refractivity contribution in [3.8, 4) is 0 Å². The van der Waals surface area contributed by atoms with Gasteiger partial charge in [0.05, 0.1) is 79.1 Å². The summed E-state index contributed by atoms with van der Waals surface area (Å²) in [5, 5.41) is 12.2. The quantitative estimate of drug-likeness (QED) is 0.319. The highest BCUT2D eigenvalue weighted by molar-refractivity contribution is 6.22. The van der Waals surface area contributed by atoms with Crippen molar-refractivity contribution in [2.45, 2.75) is 33.6 Å². The highest BCUT2D eigenvalue weighted by Crippen LogP contribution is 2.23. The third kappa shape index (κ3) is 12.0. The van der Waals surface area contributed by atoms with Crippen molar-refractivity contribution >= 4 is 22.9 Å². The summed E-state index contributed by atoms with van der Waals surface area (Å²) in [6.07, 6.45) is 5.64. The molecule has 1 aromatic rings. The molecule has 0 unspecified atom stereocenters. The Balaban J connectivity index is 0.00000316. The summed E-state index contributed by atoms with van der Waals surface area (Å²) in [5.41, 5.74) is 4.07. The standard InChI is InChI=1S/C27H44N5O2.C2H6/c1-22-20-26(25(21-27(22)34)28-14-19-33)29-23-10-12-24(13-11-23)30(15-8-17-31(2,3)4)16-9-18-32(5,6)7;1-2/h10-13,20-21,33H,8-9,14-19H2,1-7H3;1-2H3/q+1;/p+1. The molecule has 0 amide bonds. The first-order chi connectivity index (χ1) is 16.9. The van der Waals surface area contributed by atoms with E-state index in [1.165, 1.54) is 5.69 Å². The van der Waals surface area contributed by atoms with Crippen LogP contribution in [0.1, 0.15) is 33.6 Å². The van der Waals surface area contributed by atoms with Gasteiger partial charge in [-0.15, -0.1) is 0 Å². The van der Waals surface area contributed by atoms with Crippen LogP contribution in [0.2, 0.25) is 0 Å². The summed E-state index contributed by atoms with van der Waals surface area (Å²) in [5.74, 6) is -0.0341. The molecule has 0 aromatic heterocycles. The lowest BCUT2D eigenvalue weighted by Gasteiger charge is -2.30. The number of hydrogen-bond acceptors (Lipinski definition) is 5. The van der Waals surface area contributed by atoms with Crippen LogP contribution in [0.25, 0.3) is 0 Å². The van der Waals surface area contributed by atoms with E-state index in [0.717, 1.165) is 53.7 Å². The summed E-state index contributed by atoms with van der Waals surface area (Å²) in [6.45, 7) is 10.5. The smallest absolute Gasteiger partial charge is 0.183 e. The Bertz CT molecular complexity index is 883. The molecular formula is C29H51N5O2+2. The fourth-order valence-corrected chi connectivity index (χ4v) is 3.82. The van der Waals surface area contributed by atoms with Crippen LogP contribution in [0.5, 0.6) is 0 Å². The molecular weight excluding hydrogens is 450 g/mol. The zero-order valence-corrected chi connectivity index (χ0v) is 24.3. The van der Waals surface area contributed by atoms with E-state index >= 15 is 0 Å². The number of benzene rings is 1. The first-order valence-corrected chi connectivity index (χ1v) is 13.2. The topological polar surface area (TPSA) is 64.9 Å². The lowest BCUT2D eigenvalue weighted by atomic mass is 10.0. The second kappa shape index (κ2) is 14.9. The molecule has 0 radical (unpaired) electrons. The second-order valence-electron chi connectivity index (χ2n) is 11.1. The maximum Gasteiger partial charge on any atom is 0.183 e. The molecule has 7 nitrogen and oxygen atoms in total. The summed E-state index contributed by atoms with van der Waals surface area (Å²) in [7, 11) is 13.4. The van der Waals surface area contributed by atoms with Crippen molar-refractivity contribution in [3.63, 3.8) is 0 Å². The number of hydrogen-bond donors (Lipinski definition) is 2. The van der Waals surface area contributed by atoms with Crippen molar-refractivity contribution in [2.75, 3.05) is 86.5 Å². The lowest BCUT2D eigenvalue weighted by molar-refractivity contribution is -0.870. The summed E-state index contributed by atoms with van der Waals surface area (Å²) < 4.78 is 1.94.